The number of benzene rings is 4. The average molecular weight is 673 g/mol. The lowest BCUT2D eigenvalue weighted by atomic mass is 9.83. The van der Waals surface area contributed by atoms with E-state index in [2.05, 4.69) is 160 Å². The third-order valence-corrected chi connectivity index (χ3v) is 11.0. The van der Waals surface area contributed by atoms with Gasteiger partial charge in [-0.1, -0.05) is 79.5 Å². The molecule has 4 aromatic rings. The maximum Gasteiger partial charge on any atom is 0.218 e. The number of hydrogen-bond donors (Lipinski definition) is 1. The second-order valence-corrected chi connectivity index (χ2v) is 15.0. The summed E-state index contributed by atoms with van der Waals surface area (Å²) in [5.41, 5.74) is 13.5. The molecule has 7 rings (SSSR count). The predicted molar refractivity (Wildman–Crippen MR) is 205 cm³/mol. The Hall–Kier alpha value is -4.15. The molecule has 1 saturated carbocycles. The number of rotatable bonds is 4. The zero-order chi connectivity index (χ0) is 33.8. The van der Waals surface area contributed by atoms with Crippen molar-refractivity contribution in [3.8, 4) is 0 Å². The first-order valence-corrected chi connectivity index (χ1v) is 17.5. The second kappa shape index (κ2) is 12.4. The van der Waals surface area contributed by atoms with Crippen LogP contribution < -0.4 is 14.4 Å². The fraction of sp³-hybridized carbons (Fsp3) is 0.233. The molecule has 1 fully saturated rings. The van der Waals surface area contributed by atoms with Crippen molar-refractivity contribution < 1.29 is 4.90 Å². The van der Waals surface area contributed by atoms with Crippen molar-refractivity contribution in [2.45, 2.75) is 51.4 Å². The average Bonchev–Trinajstić information content (AvgIpc) is 3.61. The molecule has 4 aromatic carbocycles. The number of halogens is 2. The van der Waals surface area contributed by atoms with Crippen LogP contribution in [0.25, 0.3) is 0 Å². The Morgan fingerprint density at radius 3 is 1.81 bits per heavy atom. The number of anilines is 1. The minimum Gasteiger partial charge on any atom is -0.347 e. The van der Waals surface area contributed by atoms with Gasteiger partial charge in [0, 0.05) is 80.9 Å². The van der Waals surface area contributed by atoms with Gasteiger partial charge in [-0.2, -0.15) is 4.58 Å². The molecule has 0 saturated heterocycles. The molecule has 0 radical (unpaired) electrons. The van der Waals surface area contributed by atoms with Gasteiger partial charge in [0.1, 0.15) is 11.4 Å². The van der Waals surface area contributed by atoms with Crippen molar-refractivity contribution in [2.24, 2.45) is 0 Å². The van der Waals surface area contributed by atoms with E-state index in [4.69, 9.17) is 23.2 Å². The summed E-state index contributed by atoms with van der Waals surface area (Å²) in [6.07, 6.45) is 11.3. The Bertz CT molecular complexity index is 1920. The second-order valence-electron chi connectivity index (χ2n) is 14.2. The first-order valence-electron chi connectivity index (χ1n) is 16.8. The third kappa shape index (κ3) is 5.48. The van der Waals surface area contributed by atoms with E-state index < -0.39 is 0 Å². The molecule has 1 N–H and O–H groups in total. The van der Waals surface area contributed by atoms with E-state index in [1.54, 1.807) is 0 Å². The first-order chi connectivity index (χ1) is 23.0. The Kier molecular flexibility index (Phi) is 8.36. The van der Waals surface area contributed by atoms with Gasteiger partial charge in [0.15, 0.2) is 0 Å². The van der Waals surface area contributed by atoms with Gasteiger partial charge in [0.25, 0.3) is 0 Å². The molecule has 0 bridgehead atoms. The molecule has 0 amide bonds. The van der Waals surface area contributed by atoms with E-state index >= 15 is 0 Å². The van der Waals surface area contributed by atoms with Gasteiger partial charge in [-0.3, -0.25) is 4.90 Å². The summed E-state index contributed by atoms with van der Waals surface area (Å²) in [5, 5.41) is 1.56. The predicted octanol–water partition coefficient (Wildman–Crippen LogP) is 10.2. The van der Waals surface area contributed by atoms with Crippen LogP contribution in [0.3, 0.4) is 0 Å². The van der Waals surface area contributed by atoms with Crippen LogP contribution in [-0.2, 0) is 10.8 Å². The number of nitrogens with one attached hydrogen (secondary N) is 1. The van der Waals surface area contributed by atoms with E-state index in [1.807, 2.05) is 12.1 Å². The van der Waals surface area contributed by atoms with Crippen LogP contribution in [0.15, 0.2) is 144 Å². The molecule has 5 heteroatoms. The molecular weight excluding hydrogens is 629 g/mol. The van der Waals surface area contributed by atoms with Crippen molar-refractivity contribution in [3.05, 3.63) is 165 Å². The van der Waals surface area contributed by atoms with Gasteiger partial charge in [-0.15, -0.1) is 0 Å². The van der Waals surface area contributed by atoms with E-state index in [0.29, 0.717) is 0 Å². The summed E-state index contributed by atoms with van der Waals surface area (Å²) in [5.74, 6) is 0. The number of likely N-dealkylation sites (N-methyl/N-ethyl adjacent to an activating group) is 2. The van der Waals surface area contributed by atoms with E-state index in [0.717, 1.165) is 34.3 Å². The lowest BCUT2D eigenvalue weighted by Crippen LogP contribution is -3.01. The fourth-order valence-corrected chi connectivity index (χ4v) is 8.35. The lowest BCUT2D eigenvalue weighted by molar-refractivity contribution is -0.764. The topological polar surface area (TPSA) is 10.7 Å². The molecule has 2 aliphatic heterocycles. The van der Waals surface area contributed by atoms with E-state index in [-0.39, 0.29) is 10.8 Å². The van der Waals surface area contributed by atoms with Crippen LogP contribution in [0.1, 0.15) is 51.7 Å². The maximum atomic E-state index is 6.48. The van der Waals surface area contributed by atoms with Crippen LogP contribution in [0.5, 0.6) is 0 Å². The SMILES string of the molecule is CN1C(=CC=C2CC/C(=C\C=C3\[NH+](C)c4ccc(Cl)cc4C3(C)C)C2=[N+](c2ccccc2)c2ccccc2)C(C)(C)c2cc(Cl)ccc21. The Balaban J connectivity index is 1.41. The van der Waals surface area contributed by atoms with Gasteiger partial charge in [-0.25, -0.2) is 0 Å². The number of fused-ring (bicyclic) bond motifs is 2. The molecule has 3 aliphatic rings. The molecule has 242 valence electrons. The maximum absolute atomic E-state index is 6.48. The van der Waals surface area contributed by atoms with Gasteiger partial charge in [-0.05, 0) is 80.8 Å². The van der Waals surface area contributed by atoms with Gasteiger partial charge in [0.05, 0.1) is 12.5 Å². The highest BCUT2D eigenvalue weighted by Crippen LogP contribution is 2.48. The fourth-order valence-electron chi connectivity index (χ4n) is 8.01. The monoisotopic (exact) mass is 671 g/mol. The van der Waals surface area contributed by atoms with Crippen molar-refractivity contribution in [1.29, 1.82) is 0 Å². The molecule has 0 spiro atoms. The van der Waals surface area contributed by atoms with Crippen molar-refractivity contribution >= 4 is 51.7 Å². The minimum absolute atomic E-state index is 0.141. The number of allylic oxidation sites excluding steroid dienone is 8. The summed E-state index contributed by atoms with van der Waals surface area (Å²) in [6.45, 7) is 9.21. The molecular formula is C43H43Cl2N3+2. The summed E-state index contributed by atoms with van der Waals surface area (Å²) < 4.78 is 2.44. The first kappa shape index (κ1) is 32.4. The van der Waals surface area contributed by atoms with Gasteiger partial charge in [0.2, 0.25) is 17.1 Å². The van der Waals surface area contributed by atoms with Crippen molar-refractivity contribution in [1.82, 2.24) is 4.58 Å². The molecule has 1 aliphatic carbocycles. The van der Waals surface area contributed by atoms with Crippen LogP contribution in [0.2, 0.25) is 10.0 Å². The molecule has 0 aromatic heterocycles. The molecule has 2 heterocycles. The normalized spacial score (nSPS) is 22.6. The highest BCUT2D eigenvalue weighted by atomic mass is 35.5. The van der Waals surface area contributed by atoms with Gasteiger partial charge < -0.3 is 4.90 Å². The standard InChI is InChI=1S/C43H42Cl2N3/c1-42(2)35-27-31(44)21-23-37(35)46(5)39(42)25-19-29-17-18-30(20-26-40-43(3,4)36-28-32(45)22-24-38(36)47(40)6)41(29)48(33-13-9-7-10-14-33)34-15-11-8-12-16-34/h7-16,19-28H,17-18H2,1-6H3/q+1/p+1. The lowest BCUT2D eigenvalue weighted by Gasteiger charge is -2.23. The minimum atomic E-state index is -0.175. The number of para-hydroxylation sites is 2. The Labute approximate surface area is 295 Å². The molecule has 48 heavy (non-hydrogen) atoms. The Morgan fingerprint density at radius 2 is 1.21 bits per heavy atom. The van der Waals surface area contributed by atoms with Crippen LogP contribution in [-0.4, -0.2) is 19.8 Å². The molecule has 3 nitrogen and oxygen atoms in total. The van der Waals surface area contributed by atoms with Crippen molar-refractivity contribution in [2.75, 3.05) is 19.0 Å². The van der Waals surface area contributed by atoms with Crippen LogP contribution in [0, 0.1) is 0 Å². The molecule has 1 atom stereocenters. The summed E-state index contributed by atoms with van der Waals surface area (Å²) in [6, 6.07) is 34.0. The summed E-state index contributed by atoms with van der Waals surface area (Å²) >= 11 is 13.0. The quantitative estimate of drug-likeness (QED) is 0.213. The third-order valence-electron chi connectivity index (χ3n) is 10.5. The Morgan fingerprint density at radius 1 is 0.667 bits per heavy atom. The smallest absolute Gasteiger partial charge is 0.218 e. The highest BCUT2D eigenvalue weighted by molar-refractivity contribution is 6.31. The van der Waals surface area contributed by atoms with E-state index in [1.165, 1.54) is 55.7 Å². The van der Waals surface area contributed by atoms with Crippen LogP contribution in [0.4, 0.5) is 22.7 Å². The van der Waals surface area contributed by atoms with E-state index in [9.17, 15) is 0 Å². The summed E-state index contributed by atoms with van der Waals surface area (Å²) in [4.78, 5) is 3.63. The number of quaternary nitrogens is 1. The zero-order valence-electron chi connectivity index (χ0n) is 28.6. The van der Waals surface area contributed by atoms with Crippen LogP contribution >= 0.6 is 23.2 Å². The number of nitrogens with zero attached hydrogens (tertiary/aromatic N) is 2. The van der Waals surface area contributed by atoms with Gasteiger partial charge >= 0.3 is 0 Å². The van der Waals surface area contributed by atoms with Crippen molar-refractivity contribution in [3.63, 3.8) is 0 Å². The summed E-state index contributed by atoms with van der Waals surface area (Å²) in [7, 11) is 4.41. The zero-order valence-corrected chi connectivity index (χ0v) is 30.1. The number of hydrogen-bond acceptors (Lipinski definition) is 1. The largest absolute Gasteiger partial charge is 0.347 e. The molecule has 1 unspecified atom stereocenters. The highest BCUT2D eigenvalue weighted by Gasteiger charge is 2.44.